The van der Waals surface area contributed by atoms with Crippen LogP contribution in [0.2, 0.25) is 0 Å². The molecule has 2 rings (SSSR count). The zero-order chi connectivity index (χ0) is 12.1. The number of hydrogen-bond acceptors (Lipinski definition) is 3. The van der Waals surface area contributed by atoms with E-state index in [4.69, 9.17) is 0 Å². The molecule has 2 amide bonds. The summed E-state index contributed by atoms with van der Waals surface area (Å²) in [5.41, 5.74) is 0. The van der Waals surface area contributed by atoms with Crippen molar-refractivity contribution < 1.29 is 4.79 Å². The smallest absolute Gasteiger partial charge is 0.315 e. The van der Waals surface area contributed by atoms with Crippen LogP contribution in [-0.4, -0.2) is 56.2 Å². The van der Waals surface area contributed by atoms with Crippen LogP contribution in [0.15, 0.2) is 0 Å². The van der Waals surface area contributed by atoms with Crippen LogP contribution >= 0.6 is 0 Å². The number of nitrogens with zero attached hydrogens (tertiary/aromatic N) is 1. The van der Waals surface area contributed by atoms with Gasteiger partial charge in [0.15, 0.2) is 0 Å². The number of amides is 2. The van der Waals surface area contributed by atoms with Gasteiger partial charge in [-0.2, -0.15) is 0 Å². The van der Waals surface area contributed by atoms with Gasteiger partial charge in [-0.05, 0) is 52.4 Å². The molecule has 2 heterocycles. The summed E-state index contributed by atoms with van der Waals surface area (Å²) in [6.07, 6.45) is 4.36. The van der Waals surface area contributed by atoms with Gasteiger partial charge in [0.1, 0.15) is 0 Å². The number of rotatable bonds is 2. The number of hydrogen-bond donors (Lipinski definition) is 3. The Bertz CT molecular complexity index is 253. The summed E-state index contributed by atoms with van der Waals surface area (Å²) in [6.45, 7) is 4.14. The lowest BCUT2D eigenvalue weighted by molar-refractivity contribution is 0.205. The molecule has 98 valence electrons. The van der Waals surface area contributed by atoms with Gasteiger partial charge in [0.05, 0.1) is 0 Å². The van der Waals surface area contributed by atoms with Crippen molar-refractivity contribution in [1.82, 2.24) is 20.9 Å². The Morgan fingerprint density at radius 1 is 1.18 bits per heavy atom. The largest absolute Gasteiger partial charge is 0.335 e. The number of carbonyl (C=O) groups excluding carboxylic acids is 1. The van der Waals surface area contributed by atoms with Crippen molar-refractivity contribution in [3.63, 3.8) is 0 Å². The third-order valence-electron chi connectivity index (χ3n) is 3.63. The molecule has 5 heteroatoms. The van der Waals surface area contributed by atoms with Gasteiger partial charge in [-0.3, -0.25) is 0 Å². The van der Waals surface area contributed by atoms with Gasteiger partial charge in [-0.15, -0.1) is 0 Å². The lowest BCUT2D eigenvalue weighted by Gasteiger charge is -2.31. The standard InChI is InChI=1S/C12H24N4O/c1-16-8-2-3-11(9-16)15-12(17)14-10-4-6-13-7-5-10/h10-11,13H,2-9H2,1H3,(H2,14,15,17). The molecule has 3 N–H and O–H groups in total. The van der Waals surface area contributed by atoms with Crippen LogP contribution in [-0.2, 0) is 0 Å². The summed E-state index contributed by atoms with van der Waals surface area (Å²) >= 11 is 0. The second-order valence-electron chi connectivity index (χ2n) is 5.24. The highest BCUT2D eigenvalue weighted by atomic mass is 16.2. The number of urea groups is 1. The summed E-state index contributed by atoms with van der Waals surface area (Å²) < 4.78 is 0. The minimum Gasteiger partial charge on any atom is -0.335 e. The van der Waals surface area contributed by atoms with Gasteiger partial charge in [0, 0.05) is 18.6 Å². The lowest BCUT2D eigenvalue weighted by Crippen LogP contribution is -2.52. The van der Waals surface area contributed by atoms with Gasteiger partial charge >= 0.3 is 6.03 Å². The minimum atomic E-state index is 0.0113. The van der Waals surface area contributed by atoms with Crippen molar-refractivity contribution in [1.29, 1.82) is 0 Å². The summed E-state index contributed by atoms with van der Waals surface area (Å²) in [6, 6.07) is 0.672. The third kappa shape index (κ3) is 4.16. The number of nitrogens with one attached hydrogen (secondary N) is 3. The fourth-order valence-corrected chi connectivity index (χ4v) is 2.66. The van der Waals surface area contributed by atoms with Crippen molar-refractivity contribution in [2.45, 2.75) is 37.8 Å². The first kappa shape index (κ1) is 12.6. The zero-order valence-corrected chi connectivity index (χ0v) is 10.7. The van der Waals surface area contributed by atoms with Crippen molar-refractivity contribution in [2.75, 3.05) is 33.2 Å². The Balaban J connectivity index is 1.68. The van der Waals surface area contributed by atoms with Gasteiger partial charge in [-0.25, -0.2) is 4.79 Å². The summed E-state index contributed by atoms with van der Waals surface area (Å²) in [4.78, 5) is 14.1. The summed E-state index contributed by atoms with van der Waals surface area (Å²) in [5.74, 6) is 0. The van der Waals surface area contributed by atoms with Crippen LogP contribution in [0.25, 0.3) is 0 Å². The zero-order valence-electron chi connectivity index (χ0n) is 10.7. The van der Waals surface area contributed by atoms with E-state index >= 15 is 0 Å². The van der Waals surface area contributed by atoms with Gasteiger partial charge < -0.3 is 20.9 Å². The number of piperidine rings is 2. The van der Waals surface area contributed by atoms with Gasteiger partial charge in [0.25, 0.3) is 0 Å². The molecular formula is C12H24N4O. The highest BCUT2D eigenvalue weighted by Crippen LogP contribution is 2.08. The molecule has 0 spiro atoms. The Hall–Kier alpha value is -0.810. The van der Waals surface area contributed by atoms with Crippen molar-refractivity contribution in [3.8, 4) is 0 Å². The van der Waals surface area contributed by atoms with Crippen LogP contribution in [0.5, 0.6) is 0 Å². The van der Waals surface area contributed by atoms with E-state index in [1.165, 1.54) is 6.42 Å². The van der Waals surface area contributed by atoms with Crippen LogP contribution in [0, 0.1) is 0 Å². The first-order chi connectivity index (χ1) is 8.24. The topological polar surface area (TPSA) is 56.4 Å². The Kier molecular flexibility index (Phi) is 4.62. The van der Waals surface area contributed by atoms with E-state index in [-0.39, 0.29) is 6.03 Å². The van der Waals surface area contributed by atoms with Crippen LogP contribution in [0.1, 0.15) is 25.7 Å². The van der Waals surface area contributed by atoms with Crippen molar-refractivity contribution >= 4 is 6.03 Å². The summed E-state index contributed by atoms with van der Waals surface area (Å²) in [5, 5.41) is 9.45. The Morgan fingerprint density at radius 2 is 1.88 bits per heavy atom. The minimum absolute atomic E-state index is 0.0113. The van der Waals surface area contributed by atoms with Crippen LogP contribution in [0.3, 0.4) is 0 Å². The molecule has 0 aromatic heterocycles. The molecule has 0 aromatic rings. The molecule has 1 unspecified atom stereocenters. The average molecular weight is 240 g/mol. The van der Waals surface area contributed by atoms with Crippen molar-refractivity contribution in [3.05, 3.63) is 0 Å². The monoisotopic (exact) mass is 240 g/mol. The fraction of sp³-hybridized carbons (Fsp3) is 0.917. The van der Waals surface area contributed by atoms with E-state index in [0.717, 1.165) is 45.4 Å². The highest BCUT2D eigenvalue weighted by molar-refractivity contribution is 5.74. The predicted molar refractivity (Wildman–Crippen MR) is 68.1 cm³/mol. The quantitative estimate of drug-likeness (QED) is 0.643. The van der Waals surface area contributed by atoms with Crippen LogP contribution in [0.4, 0.5) is 4.79 Å². The summed E-state index contributed by atoms with van der Waals surface area (Å²) in [7, 11) is 2.11. The average Bonchev–Trinajstić information content (AvgIpc) is 2.30. The lowest BCUT2D eigenvalue weighted by atomic mass is 10.1. The molecule has 5 nitrogen and oxygen atoms in total. The first-order valence-corrected chi connectivity index (χ1v) is 6.70. The molecule has 2 fully saturated rings. The second-order valence-corrected chi connectivity index (χ2v) is 5.24. The van der Waals surface area contributed by atoms with Gasteiger partial charge in [-0.1, -0.05) is 0 Å². The first-order valence-electron chi connectivity index (χ1n) is 6.70. The number of carbonyl (C=O) groups is 1. The molecule has 0 aromatic carbocycles. The molecule has 17 heavy (non-hydrogen) atoms. The predicted octanol–water partition coefficient (Wildman–Crippen LogP) is 0.132. The number of likely N-dealkylation sites (N-methyl/N-ethyl adjacent to an activating group) is 1. The molecule has 2 saturated heterocycles. The fourth-order valence-electron chi connectivity index (χ4n) is 2.66. The van der Waals surface area contributed by atoms with E-state index in [2.05, 4.69) is 27.9 Å². The molecular weight excluding hydrogens is 216 g/mol. The van der Waals surface area contributed by atoms with Gasteiger partial charge in [0.2, 0.25) is 0 Å². The van der Waals surface area contributed by atoms with Crippen molar-refractivity contribution in [2.24, 2.45) is 0 Å². The molecule has 0 bridgehead atoms. The highest BCUT2D eigenvalue weighted by Gasteiger charge is 2.20. The van der Waals surface area contributed by atoms with E-state index in [1.807, 2.05) is 0 Å². The molecule has 0 saturated carbocycles. The maximum absolute atomic E-state index is 11.8. The molecule has 2 aliphatic heterocycles. The maximum Gasteiger partial charge on any atom is 0.315 e. The van der Waals surface area contributed by atoms with E-state index in [9.17, 15) is 4.79 Å². The molecule has 2 aliphatic rings. The van der Waals surface area contributed by atoms with E-state index < -0.39 is 0 Å². The Labute approximate surface area is 103 Å². The second kappa shape index (κ2) is 6.21. The molecule has 0 aliphatic carbocycles. The molecule has 1 atom stereocenters. The van der Waals surface area contributed by atoms with E-state index in [0.29, 0.717) is 12.1 Å². The Morgan fingerprint density at radius 3 is 2.59 bits per heavy atom. The van der Waals surface area contributed by atoms with E-state index in [1.54, 1.807) is 0 Å². The normalized spacial score (nSPS) is 27.7. The molecule has 0 radical (unpaired) electrons. The van der Waals surface area contributed by atoms with Crippen LogP contribution < -0.4 is 16.0 Å². The SMILES string of the molecule is CN1CCCC(NC(=O)NC2CCNCC2)C1. The number of likely N-dealkylation sites (tertiary alicyclic amines) is 1. The third-order valence-corrected chi connectivity index (χ3v) is 3.63. The maximum atomic E-state index is 11.8.